The van der Waals surface area contributed by atoms with Crippen LogP contribution in [0.4, 0.5) is 0 Å². The number of furan rings is 1. The average Bonchev–Trinajstić information content (AvgIpc) is 2.88. The van der Waals surface area contributed by atoms with Crippen molar-refractivity contribution in [2.45, 2.75) is 19.4 Å². The van der Waals surface area contributed by atoms with E-state index in [0.717, 1.165) is 19.4 Å². The number of carboxylic acid groups (broad SMARTS) is 1. The van der Waals surface area contributed by atoms with Gasteiger partial charge in [-0.1, -0.05) is 0 Å². The number of hydrogen-bond donors (Lipinski definition) is 3. The van der Waals surface area contributed by atoms with E-state index in [4.69, 9.17) is 14.6 Å². The van der Waals surface area contributed by atoms with Crippen molar-refractivity contribution in [3.63, 3.8) is 0 Å². The third-order valence-corrected chi connectivity index (χ3v) is 2.96. The molecule has 5 nitrogen and oxygen atoms in total. The van der Waals surface area contributed by atoms with Gasteiger partial charge >= 0.3 is 5.97 Å². The predicted octanol–water partition coefficient (Wildman–Crippen LogP) is 0.840. The summed E-state index contributed by atoms with van der Waals surface area (Å²) in [5, 5.41) is 20.9. The van der Waals surface area contributed by atoms with Crippen molar-refractivity contribution in [3.05, 3.63) is 23.7 Å². The minimum Gasteiger partial charge on any atom is -0.475 e. The Morgan fingerprint density at radius 2 is 2.25 bits per heavy atom. The highest BCUT2D eigenvalue weighted by Gasteiger charge is 2.41. The molecule has 88 valence electrons. The van der Waals surface area contributed by atoms with Gasteiger partial charge in [0.25, 0.3) is 0 Å². The highest BCUT2D eigenvalue weighted by atomic mass is 16.4. The summed E-state index contributed by atoms with van der Waals surface area (Å²) in [6.45, 7) is 1.44. The molecule has 1 aliphatic carbocycles. The molecule has 1 aromatic rings. The van der Waals surface area contributed by atoms with E-state index < -0.39 is 5.97 Å². The van der Waals surface area contributed by atoms with Gasteiger partial charge in [0.1, 0.15) is 5.76 Å². The Hall–Kier alpha value is -1.33. The van der Waals surface area contributed by atoms with Crippen LogP contribution in [0.5, 0.6) is 0 Å². The topological polar surface area (TPSA) is 82.7 Å². The first-order valence-electron chi connectivity index (χ1n) is 5.29. The third-order valence-electron chi connectivity index (χ3n) is 2.96. The van der Waals surface area contributed by atoms with E-state index in [2.05, 4.69) is 5.32 Å². The van der Waals surface area contributed by atoms with Crippen LogP contribution in [0.25, 0.3) is 0 Å². The second-order valence-electron chi connectivity index (χ2n) is 4.33. The SMILES string of the molecule is O=C(O)c1ccc(CNCC2(CO)CC2)o1. The fourth-order valence-corrected chi connectivity index (χ4v) is 1.61. The van der Waals surface area contributed by atoms with Crippen molar-refractivity contribution in [3.8, 4) is 0 Å². The minimum absolute atomic E-state index is 0.0416. The number of nitrogens with one attached hydrogen (secondary N) is 1. The number of hydrogen-bond acceptors (Lipinski definition) is 4. The van der Waals surface area contributed by atoms with Crippen LogP contribution in [0.3, 0.4) is 0 Å². The molecule has 0 aliphatic heterocycles. The van der Waals surface area contributed by atoms with Gasteiger partial charge in [-0.3, -0.25) is 0 Å². The van der Waals surface area contributed by atoms with Gasteiger partial charge in [0.15, 0.2) is 0 Å². The third kappa shape index (κ3) is 2.43. The van der Waals surface area contributed by atoms with Gasteiger partial charge in [0.2, 0.25) is 5.76 Å². The lowest BCUT2D eigenvalue weighted by atomic mass is 10.1. The van der Waals surface area contributed by atoms with Gasteiger partial charge < -0.3 is 19.9 Å². The van der Waals surface area contributed by atoms with Crippen LogP contribution in [-0.2, 0) is 6.54 Å². The van der Waals surface area contributed by atoms with Gasteiger partial charge in [-0.25, -0.2) is 4.79 Å². The molecule has 1 aromatic heterocycles. The number of carbonyl (C=O) groups is 1. The lowest BCUT2D eigenvalue weighted by molar-refractivity contribution is 0.0660. The summed E-state index contributed by atoms with van der Waals surface area (Å²) >= 11 is 0. The van der Waals surface area contributed by atoms with Crippen molar-refractivity contribution >= 4 is 5.97 Å². The van der Waals surface area contributed by atoms with Gasteiger partial charge in [-0.2, -0.15) is 0 Å². The van der Waals surface area contributed by atoms with Crippen molar-refractivity contribution in [1.82, 2.24) is 5.32 Å². The quantitative estimate of drug-likeness (QED) is 0.668. The van der Waals surface area contributed by atoms with E-state index in [1.165, 1.54) is 6.07 Å². The predicted molar refractivity (Wildman–Crippen MR) is 56.1 cm³/mol. The Kier molecular flexibility index (Phi) is 2.98. The molecule has 0 amide bonds. The maximum atomic E-state index is 10.6. The molecular weight excluding hydrogens is 210 g/mol. The Morgan fingerprint density at radius 3 is 2.75 bits per heavy atom. The normalized spacial score (nSPS) is 17.3. The summed E-state index contributed by atoms with van der Waals surface area (Å²) < 4.78 is 5.09. The number of carboxylic acids is 1. The summed E-state index contributed by atoms with van der Waals surface area (Å²) in [7, 11) is 0. The lowest BCUT2D eigenvalue weighted by Crippen LogP contribution is -2.25. The summed E-state index contributed by atoms with van der Waals surface area (Å²) in [5.41, 5.74) is 0.0578. The maximum absolute atomic E-state index is 10.6. The Morgan fingerprint density at radius 1 is 1.50 bits per heavy atom. The molecule has 5 heteroatoms. The van der Waals surface area contributed by atoms with Crippen LogP contribution < -0.4 is 5.32 Å². The van der Waals surface area contributed by atoms with E-state index in [0.29, 0.717) is 12.3 Å². The van der Waals surface area contributed by atoms with E-state index in [-0.39, 0.29) is 17.8 Å². The van der Waals surface area contributed by atoms with E-state index in [1.807, 2.05) is 0 Å². The number of rotatable bonds is 6. The molecule has 1 saturated carbocycles. The molecular formula is C11H15NO4. The van der Waals surface area contributed by atoms with Gasteiger partial charge in [0.05, 0.1) is 6.54 Å². The molecule has 0 spiro atoms. The highest BCUT2D eigenvalue weighted by Crippen LogP contribution is 2.44. The molecule has 0 saturated heterocycles. The number of aliphatic hydroxyl groups is 1. The zero-order valence-corrected chi connectivity index (χ0v) is 8.90. The van der Waals surface area contributed by atoms with Crippen LogP contribution in [0, 0.1) is 5.41 Å². The molecule has 0 radical (unpaired) electrons. The first kappa shape index (κ1) is 11.2. The molecule has 0 atom stereocenters. The number of aliphatic hydroxyl groups excluding tert-OH is 1. The maximum Gasteiger partial charge on any atom is 0.371 e. The largest absolute Gasteiger partial charge is 0.475 e. The minimum atomic E-state index is -1.06. The van der Waals surface area contributed by atoms with Crippen LogP contribution in [0.1, 0.15) is 29.2 Å². The summed E-state index contributed by atoms with van der Waals surface area (Å²) in [5.74, 6) is -0.494. The average molecular weight is 225 g/mol. The molecule has 1 aliphatic rings. The second kappa shape index (κ2) is 4.27. The number of aromatic carboxylic acids is 1. The zero-order valence-electron chi connectivity index (χ0n) is 8.90. The highest BCUT2D eigenvalue weighted by molar-refractivity contribution is 5.84. The molecule has 0 bridgehead atoms. The van der Waals surface area contributed by atoms with E-state index in [9.17, 15) is 4.79 Å². The van der Waals surface area contributed by atoms with Crippen molar-refractivity contribution in [1.29, 1.82) is 0 Å². The van der Waals surface area contributed by atoms with Gasteiger partial charge in [-0.05, 0) is 25.0 Å². The zero-order chi connectivity index (χ0) is 11.6. The molecule has 16 heavy (non-hydrogen) atoms. The monoisotopic (exact) mass is 225 g/mol. The van der Waals surface area contributed by atoms with Gasteiger partial charge in [0, 0.05) is 18.6 Å². The van der Waals surface area contributed by atoms with Crippen LogP contribution in [-0.4, -0.2) is 29.3 Å². The van der Waals surface area contributed by atoms with Crippen molar-refractivity contribution < 1.29 is 19.4 Å². The lowest BCUT2D eigenvalue weighted by Gasteiger charge is -2.11. The molecule has 1 heterocycles. The fraction of sp³-hybridized carbons (Fsp3) is 0.545. The fourth-order valence-electron chi connectivity index (χ4n) is 1.61. The summed E-state index contributed by atoms with van der Waals surface area (Å²) in [6, 6.07) is 3.09. The Bertz CT molecular complexity index is 381. The van der Waals surface area contributed by atoms with Crippen LogP contribution in [0.2, 0.25) is 0 Å². The van der Waals surface area contributed by atoms with E-state index >= 15 is 0 Å². The van der Waals surface area contributed by atoms with Crippen molar-refractivity contribution in [2.75, 3.05) is 13.2 Å². The molecule has 1 fully saturated rings. The molecule has 3 N–H and O–H groups in total. The first-order chi connectivity index (χ1) is 7.65. The van der Waals surface area contributed by atoms with Crippen molar-refractivity contribution in [2.24, 2.45) is 5.41 Å². The summed E-state index contributed by atoms with van der Waals surface area (Å²) in [6.07, 6.45) is 2.10. The first-order valence-corrected chi connectivity index (χ1v) is 5.29. The molecule has 2 rings (SSSR count). The standard InChI is InChI=1S/C11H15NO4/c13-7-11(3-4-11)6-12-5-8-1-2-9(16-8)10(14)15/h1-2,12-13H,3-7H2,(H,14,15). The Labute approximate surface area is 93.1 Å². The smallest absolute Gasteiger partial charge is 0.371 e. The van der Waals surface area contributed by atoms with E-state index in [1.54, 1.807) is 6.07 Å². The van der Waals surface area contributed by atoms with Crippen LogP contribution in [0.15, 0.2) is 16.5 Å². The second-order valence-corrected chi connectivity index (χ2v) is 4.33. The van der Waals surface area contributed by atoms with Gasteiger partial charge in [-0.15, -0.1) is 0 Å². The molecule has 0 unspecified atom stereocenters. The summed E-state index contributed by atoms with van der Waals surface area (Å²) in [4.78, 5) is 10.6. The Balaban J connectivity index is 1.79. The molecule has 0 aromatic carbocycles. The van der Waals surface area contributed by atoms with Crippen LogP contribution >= 0.6 is 0 Å².